The Kier molecular flexibility index (Phi) is 5.77. The highest BCUT2D eigenvalue weighted by Gasteiger charge is 2.17. The Balaban J connectivity index is 2.96. The highest BCUT2D eigenvalue weighted by molar-refractivity contribution is 9.09. The number of carboxylic acid groups (broad SMARTS) is 1. The lowest BCUT2D eigenvalue weighted by molar-refractivity contribution is 0.0692. The zero-order chi connectivity index (χ0) is 14.5. The molecule has 0 bridgehead atoms. The van der Waals surface area contributed by atoms with Crippen LogP contribution in [0, 0.1) is 0 Å². The first-order chi connectivity index (χ1) is 8.86. The third-order valence-corrected chi connectivity index (χ3v) is 3.68. The third-order valence-electron chi connectivity index (χ3n) is 2.26. The van der Waals surface area contributed by atoms with Crippen molar-refractivity contribution in [2.45, 2.75) is 17.7 Å². The Hall–Kier alpha value is -1.12. The molecule has 0 heterocycles. The Bertz CT molecular complexity index is 554. The van der Waals surface area contributed by atoms with Crippen molar-refractivity contribution in [1.82, 2.24) is 0 Å². The smallest absolute Gasteiger partial charge is 0.339 e. The number of ether oxygens (including phenoxy) is 1. The van der Waals surface area contributed by atoms with E-state index in [9.17, 15) is 13.2 Å². The molecule has 19 heavy (non-hydrogen) atoms. The molecule has 0 aliphatic rings. The Morgan fingerprint density at radius 2 is 2.00 bits per heavy atom. The molecule has 0 aliphatic carbocycles. The van der Waals surface area contributed by atoms with E-state index in [-0.39, 0.29) is 11.3 Å². The monoisotopic (exact) mass is 352 g/mol. The number of alkyl halides is 1. The molecule has 6 nitrogen and oxygen atoms in total. The van der Waals surface area contributed by atoms with E-state index in [1.54, 1.807) is 0 Å². The van der Waals surface area contributed by atoms with Gasteiger partial charge in [-0.25, -0.2) is 4.79 Å². The molecule has 2 N–H and O–H groups in total. The summed E-state index contributed by atoms with van der Waals surface area (Å²) < 4.78 is 36.0. The van der Waals surface area contributed by atoms with E-state index >= 15 is 0 Å². The van der Waals surface area contributed by atoms with Crippen LogP contribution in [0.25, 0.3) is 0 Å². The van der Waals surface area contributed by atoms with Gasteiger partial charge in [0, 0.05) is 5.33 Å². The maximum Gasteiger partial charge on any atom is 0.339 e. The van der Waals surface area contributed by atoms with Crippen molar-refractivity contribution in [3.63, 3.8) is 0 Å². The average molecular weight is 353 g/mol. The van der Waals surface area contributed by atoms with Gasteiger partial charge in [0.15, 0.2) is 0 Å². The topological polar surface area (TPSA) is 101 Å². The molecular weight excluding hydrogens is 340 g/mol. The summed E-state index contributed by atoms with van der Waals surface area (Å²) in [5.74, 6) is -1.24. The minimum Gasteiger partial charge on any atom is -0.493 e. The number of unbranched alkanes of at least 4 members (excludes halogenated alkanes) is 1. The maximum atomic E-state index is 11.0. The molecule has 0 saturated carbocycles. The van der Waals surface area contributed by atoms with Crippen LogP contribution in [0.2, 0.25) is 0 Å². The minimum atomic E-state index is -4.43. The number of carbonyl (C=O) groups is 1. The van der Waals surface area contributed by atoms with Crippen molar-refractivity contribution < 1.29 is 27.6 Å². The van der Waals surface area contributed by atoms with Crippen LogP contribution in [-0.2, 0) is 10.1 Å². The quantitative estimate of drug-likeness (QED) is 0.443. The average Bonchev–Trinajstić information content (AvgIpc) is 2.33. The number of carboxylic acids is 1. The molecular formula is C11H13BrO6S. The SMILES string of the molecule is O=C(O)c1cc(S(=O)(=O)O)ccc1OCCCCBr. The molecule has 1 aromatic carbocycles. The van der Waals surface area contributed by atoms with Crippen molar-refractivity contribution in [2.75, 3.05) is 11.9 Å². The molecule has 1 rings (SSSR count). The van der Waals surface area contributed by atoms with Crippen molar-refractivity contribution in [1.29, 1.82) is 0 Å². The predicted molar refractivity (Wildman–Crippen MR) is 71.7 cm³/mol. The summed E-state index contributed by atoms with van der Waals surface area (Å²) in [6.07, 6.45) is 1.62. The van der Waals surface area contributed by atoms with Crippen LogP contribution in [0.15, 0.2) is 23.1 Å². The predicted octanol–water partition coefficient (Wildman–Crippen LogP) is 2.19. The number of benzene rings is 1. The summed E-state index contributed by atoms with van der Waals surface area (Å²) in [5.41, 5.74) is -0.297. The molecule has 0 radical (unpaired) electrons. The van der Waals surface area contributed by atoms with E-state index in [1.807, 2.05) is 0 Å². The first-order valence-electron chi connectivity index (χ1n) is 5.40. The molecule has 0 atom stereocenters. The summed E-state index contributed by atoms with van der Waals surface area (Å²) in [6.45, 7) is 0.330. The molecule has 0 unspecified atom stereocenters. The third kappa shape index (κ3) is 4.81. The van der Waals surface area contributed by atoms with Crippen molar-refractivity contribution in [2.24, 2.45) is 0 Å². The fraction of sp³-hybridized carbons (Fsp3) is 0.364. The van der Waals surface area contributed by atoms with E-state index in [1.165, 1.54) is 6.07 Å². The summed E-state index contributed by atoms with van der Waals surface area (Å²) in [5, 5.41) is 9.82. The molecule has 106 valence electrons. The first kappa shape index (κ1) is 15.9. The molecule has 8 heteroatoms. The Labute approximate surface area is 119 Å². The van der Waals surface area contributed by atoms with Gasteiger partial charge in [0.05, 0.1) is 11.5 Å². The molecule has 0 saturated heterocycles. The highest BCUT2D eigenvalue weighted by Crippen LogP contribution is 2.23. The molecule has 0 aliphatic heterocycles. The summed E-state index contributed by atoms with van der Waals surface area (Å²) in [7, 11) is -4.43. The van der Waals surface area contributed by atoms with E-state index in [0.717, 1.165) is 30.3 Å². The van der Waals surface area contributed by atoms with Gasteiger partial charge in [-0.15, -0.1) is 0 Å². The minimum absolute atomic E-state index is 0.0782. The molecule has 0 fully saturated rings. The fourth-order valence-electron chi connectivity index (χ4n) is 1.34. The van der Waals surface area contributed by atoms with Crippen LogP contribution in [0.3, 0.4) is 0 Å². The van der Waals surface area contributed by atoms with E-state index in [4.69, 9.17) is 14.4 Å². The van der Waals surface area contributed by atoms with E-state index in [2.05, 4.69) is 15.9 Å². The first-order valence-corrected chi connectivity index (χ1v) is 7.96. The van der Waals surface area contributed by atoms with E-state index in [0.29, 0.717) is 6.61 Å². The number of aromatic carboxylic acids is 1. The normalized spacial score (nSPS) is 11.3. The number of rotatable bonds is 7. The second kappa shape index (κ2) is 6.88. The van der Waals surface area contributed by atoms with Crippen molar-refractivity contribution >= 4 is 32.0 Å². The Morgan fingerprint density at radius 3 is 2.53 bits per heavy atom. The van der Waals surface area contributed by atoms with Crippen LogP contribution in [0.1, 0.15) is 23.2 Å². The van der Waals surface area contributed by atoms with Gasteiger partial charge in [-0.1, -0.05) is 15.9 Å². The van der Waals surface area contributed by atoms with Crippen LogP contribution in [-0.4, -0.2) is 36.0 Å². The van der Waals surface area contributed by atoms with E-state index < -0.39 is 21.0 Å². The van der Waals surface area contributed by atoms with Gasteiger partial charge in [0.25, 0.3) is 10.1 Å². The van der Waals surface area contributed by atoms with Gasteiger partial charge in [-0.05, 0) is 31.0 Å². The van der Waals surface area contributed by atoms with Gasteiger partial charge < -0.3 is 9.84 Å². The van der Waals surface area contributed by atoms with Gasteiger partial charge in [0.1, 0.15) is 11.3 Å². The standard InChI is InChI=1S/C11H13BrO6S/c12-5-1-2-6-18-10-4-3-8(19(15,16)17)7-9(10)11(13)14/h3-4,7H,1-2,5-6H2,(H,13,14)(H,15,16,17). The maximum absolute atomic E-state index is 11.0. The highest BCUT2D eigenvalue weighted by atomic mass is 79.9. The van der Waals surface area contributed by atoms with Crippen LogP contribution < -0.4 is 4.74 Å². The van der Waals surface area contributed by atoms with Crippen LogP contribution >= 0.6 is 15.9 Å². The summed E-state index contributed by atoms with van der Waals surface area (Å²) in [6, 6.07) is 3.19. The molecule has 0 amide bonds. The van der Waals surface area contributed by atoms with Gasteiger partial charge >= 0.3 is 5.97 Å². The molecule has 1 aromatic rings. The zero-order valence-electron chi connectivity index (χ0n) is 9.87. The zero-order valence-corrected chi connectivity index (χ0v) is 12.3. The largest absolute Gasteiger partial charge is 0.493 e. The van der Waals surface area contributed by atoms with Gasteiger partial charge in [-0.2, -0.15) is 8.42 Å². The summed E-state index contributed by atoms with van der Waals surface area (Å²) >= 11 is 3.26. The van der Waals surface area contributed by atoms with Crippen LogP contribution in [0.5, 0.6) is 5.75 Å². The van der Waals surface area contributed by atoms with Gasteiger partial charge in [0.2, 0.25) is 0 Å². The number of hydrogen-bond donors (Lipinski definition) is 2. The lowest BCUT2D eigenvalue weighted by Crippen LogP contribution is -2.07. The number of halogens is 1. The lowest BCUT2D eigenvalue weighted by atomic mass is 10.2. The molecule has 0 spiro atoms. The summed E-state index contributed by atoms with van der Waals surface area (Å²) in [4.78, 5) is 10.6. The second-order valence-electron chi connectivity index (χ2n) is 3.68. The molecule has 0 aromatic heterocycles. The fourth-order valence-corrected chi connectivity index (χ4v) is 2.24. The van der Waals surface area contributed by atoms with Crippen LogP contribution in [0.4, 0.5) is 0 Å². The second-order valence-corrected chi connectivity index (χ2v) is 5.90. The van der Waals surface area contributed by atoms with Crippen molar-refractivity contribution in [3.05, 3.63) is 23.8 Å². The Morgan fingerprint density at radius 1 is 1.32 bits per heavy atom. The lowest BCUT2D eigenvalue weighted by Gasteiger charge is -2.09. The van der Waals surface area contributed by atoms with Gasteiger partial charge in [-0.3, -0.25) is 4.55 Å². The number of hydrogen-bond acceptors (Lipinski definition) is 4. The van der Waals surface area contributed by atoms with Crippen molar-refractivity contribution in [3.8, 4) is 5.75 Å².